The van der Waals surface area contributed by atoms with Crippen LogP contribution in [0, 0.1) is 5.92 Å². The van der Waals surface area contributed by atoms with Crippen LogP contribution in [-0.4, -0.2) is 9.13 Å². The number of para-hydroxylation sites is 4. The first kappa shape index (κ1) is 57.3. The summed E-state index contributed by atoms with van der Waals surface area (Å²) in [5.74, 6) is 0.800. The summed E-state index contributed by atoms with van der Waals surface area (Å²) < 4.78 is 18.1. The van der Waals surface area contributed by atoms with Crippen molar-refractivity contribution in [2.45, 2.75) is 174 Å². The fourth-order valence-electron chi connectivity index (χ4n) is 14.6. The van der Waals surface area contributed by atoms with Gasteiger partial charge < -0.3 is 18.0 Å². The maximum absolute atomic E-state index is 6.64. The first-order valence-electron chi connectivity index (χ1n) is 33.6. The van der Waals surface area contributed by atoms with E-state index < -0.39 is 0 Å². The lowest BCUT2D eigenvalue weighted by atomic mass is 9.88. The Morgan fingerprint density at radius 3 is 0.988 bits per heavy atom. The number of fused-ring (bicyclic) bond motifs is 12. The molecule has 0 aliphatic carbocycles. The number of unbranched alkanes of at least 4 members (excludes halogenated alkanes) is 18. The molecule has 0 amide bonds. The number of benzene rings is 9. The third-order valence-corrected chi connectivity index (χ3v) is 19.3. The Balaban J connectivity index is 0.815. The van der Waals surface area contributed by atoms with Gasteiger partial charge in [0.05, 0.1) is 22.1 Å². The molecule has 13 aromatic rings. The molecule has 0 radical (unpaired) electrons. The number of nitrogens with zero attached hydrogens (tertiary/aromatic N) is 2. The van der Waals surface area contributed by atoms with Crippen LogP contribution in [0.25, 0.3) is 121 Å². The predicted molar refractivity (Wildman–Crippen MR) is 370 cm³/mol. The smallest absolute Gasteiger partial charge is 0.135 e. The highest BCUT2D eigenvalue weighted by Gasteiger charge is 2.19. The molecule has 13 rings (SSSR count). The molecule has 0 bridgehead atoms. The third-order valence-electron chi connectivity index (χ3n) is 19.3. The van der Waals surface area contributed by atoms with Crippen LogP contribution >= 0.6 is 0 Å². The van der Waals surface area contributed by atoms with Crippen molar-refractivity contribution in [2.24, 2.45) is 5.92 Å². The Hall–Kier alpha value is -7.82. The number of aromatic nitrogens is 2. The fourth-order valence-corrected chi connectivity index (χ4v) is 14.6. The highest BCUT2D eigenvalue weighted by Crippen LogP contribution is 2.41. The molecule has 0 unspecified atom stereocenters. The second-order valence-electron chi connectivity index (χ2n) is 25.3. The fraction of sp³-hybridized carbons (Fsp3) is 0.341. The van der Waals surface area contributed by atoms with Gasteiger partial charge in [0.25, 0.3) is 0 Å². The third kappa shape index (κ3) is 12.4. The first-order chi connectivity index (χ1) is 42.6. The van der Waals surface area contributed by atoms with Crippen LogP contribution in [0.2, 0.25) is 0 Å². The van der Waals surface area contributed by atoms with Gasteiger partial charge in [-0.15, -0.1) is 0 Å². The molecular formula is C82H88N2O2. The Labute approximate surface area is 510 Å². The maximum Gasteiger partial charge on any atom is 0.135 e. The largest absolute Gasteiger partial charge is 0.456 e. The van der Waals surface area contributed by atoms with Gasteiger partial charge in [-0.05, 0) is 138 Å². The molecule has 0 fully saturated rings. The summed E-state index contributed by atoms with van der Waals surface area (Å²) in [7, 11) is 0. The van der Waals surface area contributed by atoms with Crippen molar-refractivity contribution in [1.82, 2.24) is 9.13 Å². The topological polar surface area (TPSA) is 36.1 Å². The molecule has 4 nitrogen and oxygen atoms in total. The zero-order valence-electron chi connectivity index (χ0n) is 51.4. The van der Waals surface area contributed by atoms with Crippen molar-refractivity contribution in [2.75, 3.05) is 0 Å². The summed E-state index contributed by atoms with van der Waals surface area (Å²) in [6.07, 6.45) is 34.3. The summed E-state index contributed by atoms with van der Waals surface area (Å²) in [5, 5.41) is 9.60. The van der Waals surface area contributed by atoms with Gasteiger partial charge in [0.2, 0.25) is 0 Å². The summed E-state index contributed by atoms with van der Waals surface area (Å²) in [6, 6.07) is 69.7. The second kappa shape index (κ2) is 27.3. The lowest BCUT2D eigenvalue weighted by Crippen LogP contribution is -2.03. The number of furan rings is 2. The average molecular weight is 1130 g/mol. The van der Waals surface area contributed by atoms with Crippen LogP contribution in [-0.2, 0) is 6.42 Å². The van der Waals surface area contributed by atoms with E-state index in [2.05, 4.69) is 211 Å². The van der Waals surface area contributed by atoms with Crippen LogP contribution in [0.15, 0.2) is 197 Å². The van der Waals surface area contributed by atoms with Crippen molar-refractivity contribution in [3.05, 3.63) is 194 Å². The van der Waals surface area contributed by atoms with Gasteiger partial charge in [-0.3, -0.25) is 0 Å². The van der Waals surface area contributed by atoms with E-state index in [0.29, 0.717) is 0 Å². The van der Waals surface area contributed by atoms with Crippen LogP contribution in [0.4, 0.5) is 0 Å². The average Bonchev–Trinajstić information content (AvgIpc) is 1.81. The molecular weight excluding hydrogens is 1040 g/mol. The molecule has 0 N–H and O–H groups in total. The van der Waals surface area contributed by atoms with E-state index in [-0.39, 0.29) is 0 Å². The monoisotopic (exact) mass is 1130 g/mol. The van der Waals surface area contributed by atoms with Gasteiger partial charge in [0, 0.05) is 54.5 Å². The van der Waals surface area contributed by atoms with Gasteiger partial charge in [-0.1, -0.05) is 259 Å². The highest BCUT2D eigenvalue weighted by molar-refractivity contribution is 6.13. The van der Waals surface area contributed by atoms with Crippen molar-refractivity contribution < 1.29 is 8.83 Å². The van der Waals surface area contributed by atoms with Gasteiger partial charge in [-0.2, -0.15) is 0 Å². The number of hydrogen-bond acceptors (Lipinski definition) is 2. The molecule has 9 aromatic carbocycles. The predicted octanol–water partition coefficient (Wildman–Crippen LogP) is 25.6. The zero-order chi connectivity index (χ0) is 58.0. The lowest BCUT2D eigenvalue weighted by molar-refractivity contribution is 0.371. The Morgan fingerprint density at radius 1 is 0.279 bits per heavy atom. The molecule has 0 saturated heterocycles. The summed E-state index contributed by atoms with van der Waals surface area (Å²) >= 11 is 0. The van der Waals surface area contributed by atoms with Gasteiger partial charge in [0.15, 0.2) is 0 Å². The summed E-state index contributed by atoms with van der Waals surface area (Å²) in [5.41, 5.74) is 17.0. The van der Waals surface area contributed by atoms with Gasteiger partial charge in [-0.25, -0.2) is 0 Å². The summed E-state index contributed by atoms with van der Waals surface area (Å²) in [4.78, 5) is 0. The molecule has 0 aliphatic heterocycles. The molecule has 4 aromatic heterocycles. The van der Waals surface area contributed by atoms with E-state index in [9.17, 15) is 0 Å². The van der Waals surface area contributed by atoms with Gasteiger partial charge >= 0.3 is 0 Å². The second-order valence-corrected chi connectivity index (χ2v) is 25.3. The van der Waals surface area contributed by atoms with E-state index in [0.717, 1.165) is 67.6 Å². The quantitative estimate of drug-likeness (QED) is 0.0421. The van der Waals surface area contributed by atoms with Crippen LogP contribution in [0.1, 0.15) is 174 Å². The minimum atomic E-state index is 0.800. The van der Waals surface area contributed by atoms with E-state index in [4.69, 9.17) is 8.83 Å². The molecule has 0 atom stereocenters. The minimum Gasteiger partial charge on any atom is -0.456 e. The van der Waals surface area contributed by atoms with Crippen molar-refractivity contribution in [1.29, 1.82) is 0 Å². The Kier molecular flexibility index (Phi) is 18.2. The highest BCUT2D eigenvalue weighted by atomic mass is 16.3. The zero-order valence-corrected chi connectivity index (χ0v) is 51.4. The van der Waals surface area contributed by atoms with Crippen molar-refractivity contribution in [3.8, 4) is 33.6 Å². The Bertz CT molecular complexity index is 4020. The van der Waals surface area contributed by atoms with Crippen LogP contribution in [0.5, 0.6) is 0 Å². The van der Waals surface area contributed by atoms with E-state index in [1.807, 2.05) is 0 Å². The Morgan fingerprint density at radius 2 is 0.605 bits per heavy atom. The molecule has 4 heterocycles. The van der Waals surface area contributed by atoms with Crippen LogP contribution in [0.3, 0.4) is 0 Å². The van der Waals surface area contributed by atoms with Crippen LogP contribution < -0.4 is 0 Å². The number of aryl methyl sites for hydroxylation is 1. The molecule has 0 spiro atoms. The molecule has 0 saturated carbocycles. The van der Waals surface area contributed by atoms with Crippen molar-refractivity contribution in [3.63, 3.8) is 0 Å². The number of rotatable bonds is 30. The van der Waals surface area contributed by atoms with E-state index in [1.165, 1.54) is 226 Å². The standard InChI is InChI=1S/C82H88N2O2/c1-3-5-7-9-11-13-15-17-19-21-32-59(33-22-20-18-16-14-12-10-8-6-4-2)34-31-35-60-52-63(61-44-48-79-71(55-61)73-57-65(46-50-81(73)85-79)83-75-40-27-23-36-67(75)68-37-24-28-41-76(68)83)54-64(53-60)62-45-49-80-72(56-62)74-58-66(47-51-82(74)86-80)84-77-42-29-25-38-69(77)70-39-26-30-43-78(70)84/h23-30,36-59H,3-22,31-35H2,1-2H3. The number of hydrogen-bond donors (Lipinski definition) is 0. The summed E-state index contributed by atoms with van der Waals surface area (Å²) in [6.45, 7) is 4.64. The SMILES string of the molecule is CCCCCCCCCCCCC(CCCCCCCCCCCC)CCCc1cc(-c2ccc3oc4ccc(-n5c6ccccc6c6ccccc65)cc4c3c2)cc(-c2ccc3oc4ccc(-n5c6ccccc6c6ccccc65)cc4c3c2)c1. The molecule has 438 valence electrons. The normalized spacial score (nSPS) is 12.2. The molecule has 86 heavy (non-hydrogen) atoms. The van der Waals surface area contributed by atoms with Crippen molar-refractivity contribution >= 4 is 87.5 Å². The first-order valence-corrected chi connectivity index (χ1v) is 33.6. The van der Waals surface area contributed by atoms with E-state index in [1.54, 1.807) is 0 Å². The molecule has 4 heteroatoms. The molecule has 0 aliphatic rings. The lowest BCUT2D eigenvalue weighted by Gasteiger charge is -2.18. The maximum atomic E-state index is 6.64. The van der Waals surface area contributed by atoms with E-state index >= 15 is 0 Å². The minimum absolute atomic E-state index is 0.800. The van der Waals surface area contributed by atoms with Gasteiger partial charge in [0.1, 0.15) is 22.3 Å².